The summed E-state index contributed by atoms with van der Waals surface area (Å²) in [5.74, 6) is 0. The molecule has 0 saturated carbocycles. The summed E-state index contributed by atoms with van der Waals surface area (Å²) in [6.07, 6.45) is 0. The van der Waals surface area contributed by atoms with E-state index in [1.807, 2.05) is 0 Å². The minimum absolute atomic E-state index is 0.556. The van der Waals surface area contributed by atoms with Gasteiger partial charge in [0, 0.05) is 17.8 Å². The molecule has 0 saturated heterocycles. The predicted octanol–water partition coefficient (Wildman–Crippen LogP) is 1.80. The molecular formula is C9H10ClN3O2. The first-order valence-corrected chi connectivity index (χ1v) is 4.55. The highest BCUT2D eigenvalue weighted by Crippen LogP contribution is 2.12. The van der Waals surface area contributed by atoms with Gasteiger partial charge in [-0.25, -0.2) is 9.59 Å². The minimum Gasteiger partial charge on any atom is -0.341 e. The molecule has 0 aliphatic carbocycles. The monoisotopic (exact) mass is 227 g/mol. The van der Waals surface area contributed by atoms with Crippen molar-refractivity contribution in [2.45, 2.75) is 0 Å². The van der Waals surface area contributed by atoms with E-state index >= 15 is 0 Å². The van der Waals surface area contributed by atoms with E-state index in [4.69, 9.17) is 11.6 Å². The fourth-order valence-corrected chi connectivity index (χ4v) is 0.987. The Labute approximate surface area is 91.8 Å². The fourth-order valence-electron chi connectivity index (χ4n) is 0.861. The standard InChI is InChI=1S/C9H10ClN3O2/c1-11-8(14)13-9(15)12-7-4-2-6(10)3-5-7/h2-5H,1H3,(H3,11,12,13,14,15). The number of nitrogens with one attached hydrogen (secondary N) is 3. The summed E-state index contributed by atoms with van der Waals surface area (Å²) in [5, 5.41) is 7.36. The summed E-state index contributed by atoms with van der Waals surface area (Å²) in [6, 6.07) is 5.36. The maximum atomic E-state index is 11.2. The van der Waals surface area contributed by atoms with E-state index < -0.39 is 12.1 Å². The Hall–Kier alpha value is -1.75. The molecule has 0 aliphatic rings. The van der Waals surface area contributed by atoms with Crippen molar-refractivity contribution in [3.8, 4) is 0 Å². The number of halogens is 1. The molecule has 0 fully saturated rings. The fraction of sp³-hybridized carbons (Fsp3) is 0.111. The molecule has 6 heteroatoms. The van der Waals surface area contributed by atoms with Gasteiger partial charge in [-0.1, -0.05) is 11.6 Å². The van der Waals surface area contributed by atoms with Crippen molar-refractivity contribution >= 4 is 29.4 Å². The quantitative estimate of drug-likeness (QED) is 0.685. The second-order valence-electron chi connectivity index (χ2n) is 2.67. The molecule has 1 rings (SSSR count). The molecule has 0 bridgehead atoms. The number of hydrogen-bond acceptors (Lipinski definition) is 2. The van der Waals surface area contributed by atoms with E-state index in [0.29, 0.717) is 10.7 Å². The Balaban J connectivity index is 2.51. The normalized spacial score (nSPS) is 9.20. The highest BCUT2D eigenvalue weighted by Gasteiger charge is 2.04. The average Bonchev–Trinajstić information content (AvgIpc) is 2.21. The number of anilines is 1. The topological polar surface area (TPSA) is 70.2 Å². The van der Waals surface area contributed by atoms with E-state index in [-0.39, 0.29) is 0 Å². The number of urea groups is 2. The SMILES string of the molecule is CNC(=O)NC(=O)Nc1ccc(Cl)cc1. The van der Waals surface area contributed by atoms with E-state index in [2.05, 4.69) is 16.0 Å². The van der Waals surface area contributed by atoms with Crippen molar-refractivity contribution in [1.82, 2.24) is 10.6 Å². The van der Waals surface area contributed by atoms with Gasteiger partial charge in [-0.05, 0) is 24.3 Å². The van der Waals surface area contributed by atoms with E-state index in [9.17, 15) is 9.59 Å². The molecule has 4 amide bonds. The van der Waals surface area contributed by atoms with Crippen LogP contribution in [0, 0.1) is 0 Å². The zero-order valence-corrected chi connectivity index (χ0v) is 8.76. The highest BCUT2D eigenvalue weighted by molar-refractivity contribution is 6.30. The van der Waals surface area contributed by atoms with Crippen LogP contribution in [0.5, 0.6) is 0 Å². The summed E-state index contributed by atoms with van der Waals surface area (Å²) < 4.78 is 0. The molecule has 5 nitrogen and oxygen atoms in total. The van der Waals surface area contributed by atoms with Gasteiger partial charge >= 0.3 is 12.1 Å². The van der Waals surface area contributed by atoms with Crippen molar-refractivity contribution in [2.75, 3.05) is 12.4 Å². The number of amides is 4. The number of carbonyl (C=O) groups is 2. The van der Waals surface area contributed by atoms with E-state index in [0.717, 1.165) is 0 Å². The van der Waals surface area contributed by atoms with Crippen LogP contribution in [-0.4, -0.2) is 19.1 Å². The van der Waals surface area contributed by atoms with Crippen LogP contribution in [0.4, 0.5) is 15.3 Å². The van der Waals surface area contributed by atoms with Crippen LogP contribution in [0.1, 0.15) is 0 Å². The predicted molar refractivity (Wildman–Crippen MR) is 58.1 cm³/mol. The lowest BCUT2D eigenvalue weighted by atomic mass is 10.3. The Morgan fingerprint density at radius 3 is 2.27 bits per heavy atom. The van der Waals surface area contributed by atoms with Crippen LogP contribution in [0.25, 0.3) is 0 Å². The van der Waals surface area contributed by atoms with Crippen molar-refractivity contribution in [2.24, 2.45) is 0 Å². The summed E-state index contributed by atoms with van der Waals surface area (Å²) in [5.41, 5.74) is 0.556. The van der Waals surface area contributed by atoms with Crippen molar-refractivity contribution < 1.29 is 9.59 Å². The molecule has 0 aromatic heterocycles. The van der Waals surface area contributed by atoms with Gasteiger partial charge in [0.05, 0.1) is 0 Å². The van der Waals surface area contributed by atoms with Gasteiger partial charge in [-0.15, -0.1) is 0 Å². The van der Waals surface area contributed by atoms with E-state index in [1.165, 1.54) is 7.05 Å². The summed E-state index contributed by atoms with van der Waals surface area (Å²) in [7, 11) is 1.42. The maximum absolute atomic E-state index is 11.2. The molecule has 80 valence electrons. The molecule has 0 spiro atoms. The molecule has 3 N–H and O–H groups in total. The van der Waals surface area contributed by atoms with E-state index in [1.54, 1.807) is 24.3 Å². The van der Waals surface area contributed by atoms with Gasteiger partial charge in [-0.2, -0.15) is 0 Å². The first-order valence-electron chi connectivity index (χ1n) is 4.17. The third kappa shape index (κ3) is 3.86. The Kier molecular flexibility index (Phi) is 3.93. The number of benzene rings is 1. The Morgan fingerprint density at radius 2 is 1.73 bits per heavy atom. The second-order valence-corrected chi connectivity index (χ2v) is 3.10. The lowest BCUT2D eigenvalue weighted by molar-refractivity contribution is 0.234. The molecule has 0 radical (unpaired) electrons. The van der Waals surface area contributed by atoms with Gasteiger partial charge in [-0.3, -0.25) is 5.32 Å². The van der Waals surface area contributed by atoms with Gasteiger partial charge in [0.1, 0.15) is 0 Å². The Bertz CT molecular complexity index is 364. The molecule has 1 aromatic rings. The molecular weight excluding hydrogens is 218 g/mol. The lowest BCUT2D eigenvalue weighted by Gasteiger charge is -2.05. The summed E-state index contributed by atoms with van der Waals surface area (Å²) in [6.45, 7) is 0. The zero-order valence-electron chi connectivity index (χ0n) is 8.00. The first kappa shape index (κ1) is 11.3. The second kappa shape index (κ2) is 5.21. The number of imide groups is 1. The molecule has 0 heterocycles. The van der Waals surface area contributed by atoms with Crippen LogP contribution in [0.2, 0.25) is 5.02 Å². The van der Waals surface area contributed by atoms with Crippen LogP contribution >= 0.6 is 11.6 Å². The van der Waals surface area contributed by atoms with Gasteiger partial charge in [0.15, 0.2) is 0 Å². The number of hydrogen-bond donors (Lipinski definition) is 3. The van der Waals surface area contributed by atoms with Gasteiger partial charge < -0.3 is 10.6 Å². The molecule has 0 unspecified atom stereocenters. The van der Waals surface area contributed by atoms with Crippen molar-refractivity contribution in [3.63, 3.8) is 0 Å². The lowest BCUT2D eigenvalue weighted by Crippen LogP contribution is -2.39. The van der Waals surface area contributed by atoms with Crippen molar-refractivity contribution in [3.05, 3.63) is 29.3 Å². The largest absolute Gasteiger partial charge is 0.341 e. The Morgan fingerprint density at radius 1 is 1.13 bits per heavy atom. The minimum atomic E-state index is -0.600. The third-order valence-electron chi connectivity index (χ3n) is 1.56. The van der Waals surface area contributed by atoms with Crippen LogP contribution in [-0.2, 0) is 0 Å². The third-order valence-corrected chi connectivity index (χ3v) is 1.81. The van der Waals surface area contributed by atoms with Crippen molar-refractivity contribution in [1.29, 1.82) is 0 Å². The number of carbonyl (C=O) groups excluding carboxylic acids is 2. The van der Waals surface area contributed by atoms with Gasteiger partial charge in [0.2, 0.25) is 0 Å². The summed E-state index contributed by atoms with van der Waals surface area (Å²) in [4.78, 5) is 21.9. The number of rotatable bonds is 1. The van der Waals surface area contributed by atoms with Crippen LogP contribution in [0.3, 0.4) is 0 Å². The molecule has 15 heavy (non-hydrogen) atoms. The molecule has 0 atom stereocenters. The van der Waals surface area contributed by atoms with Crippen LogP contribution < -0.4 is 16.0 Å². The average molecular weight is 228 g/mol. The molecule has 1 aromatic carbocycles. The smallest absolute Gasteiger partial charge is 0.327 e. The first-order chi connectivity index (χ1) is 7.11. The van der Waals surface area contributed by atoms with Crippen LogP contribution in [0.15, 0.2) is 24.3 Å². The zero-order chi connectivity index (χ0) is 11.3. The highest BCUT2D eigenvalue weighted by atomic mass is 35.5. The molecule has 0 aliphatic heterocycles. The van der Waals surface area contributed by atoms with Gasteiger partial charge in [0.25, 0.3) is 0 Å². The maximum Gasteiger partial charge on any atom is 0.327 e. The summed E-state index contributed by atoms with van der Waals surface area (Å²) >= 11 is 5.66.